The van der Waals surface area contributed by atoms with Gasteiger partial charge in [-0.05, 0) is 12.8 Å². The smallest absolute Gasteiger partial charge is 0.236 e. The van der Waals surface area contributed by atoms with E-state index in [2.05, 4.69) is 24.4 Å². The number of hydrogen-bond acceptors (Lipinski definition) is 2. The van der Waals surface area contributed by atoms with Crippen molar-refractivity contribution in [2.45, 2.75) is 46.5 Å². The quantitative estimate of drug-likeness (QED) is 0.498. The summed E-state index contributed by atoms with van der Waals surface area (Å²) in [7, 11) is 0. The Labute approximate surface area is 74.2 Å². The van der Waals surface area contributed by atoms with E-state index in [1.807, 2.05) is 0 Å². The molecule has 0 spiro atoms. The Balaban J connectivity index is 3.89. The second-order valence-electron chi connectivity index (χ2n) is 2.85. The molecule has 0 rings (SSSR count). The first-order chi connectivity index (χ1) is 5.70. The fraction of sp³-hybridized carbons (Fsp3) is 0.778. The predicted molar refractivity (Wildman–Crippen MR) is 51.1 cm³/mol. The first kappa shape index (κ1) is 11.1. The number of carbonyl (C=O) groups is 1. The van der Waals surface area contributed by atoms with Crippen molar-refractivity contribution in [3.05, 3.63) is 0 Å². The molecule has 12 heavy (non-hydrogen) atoms. The van der Waals surface area contributed by atoms with Gasteiger partial charge in [0.15, 0.2) is 0 Å². The molecule has 0 unspecified atom stereocenters. The monoisotopic (exact) mass is 170 g/mol. The molecule has 0 aromatic heterocycles. The second-order valence-corrected chi connectivity index (χ2v) is 2.85. The van der Waals surface area contributed by atoms with Crippen LogP contribution in [0.1, 0.15) is 46.5 Å². The summed E-state index contributed by atoms with van der Waals surface area (Å²) in [6.45, 7) is 5.69. The van der Waals surface area contributed by atoms with Crippen molar-refractivity contribution in [2.24, 2.45) is 5.10 Å². The molecule has 0 aliphatic rings. The highest BCUT2D eigenvalue weighted by Crippen LogP contribution is 1.99. The molecular weight excluding hydrogens is 152 g/mol. The highest BCUT2D eigenvalue weighted by Gasteiger charge is 1.96. The minimum Gasteiger partial charge on any atom is -0.274 e. The van der Waals surface area contributed by atoms with E-state index < -0.39 is 0 Å². The van der Waals surface area contributed by atoms with Crippen molar-refractivity contribution >= 4 is 11.6 Å². The number of amides is 1. The third-order valence-electron chi connectivity index (χ3n) is 1.45. The molecule has 3 heteroatoms. The third-order valence-corrected chi connectivity index (χ3v) is 1.45. The van der Waals surface area contributed by atoms with Gasteiger partial charge >= 0.3 is 0 Å². The molecule has 0 atom stereocenters. The maximum atomic E-state index is 10.5. The van der Waals surface area contributed by atoms with E-state index in [4.69, 9.17) is 0 Å². The Hall–Kier alpha value is -0.860. The van der Waals surface area contributed by atoms with Crippen LogP contribution in [-0.2, 0) is 4.79 Å². The molecular formula is C9H18N2O. The van der Waals surface area contributed by atoms with E-state index in [1.54, 1.807) is 0 Å². The van der Waals surface area contributed by atoms with Crippen LogP contribution < -0.4 is 5.43 Å². The summed E-state index contributed by atoms with van der Waals surface area (Å²) in [4.78, 5) is 10.5. The summed E-state index contributed by atoms with van der Waals surface area (Å²) in [5, 5.41) is 4.02. The van der Waals surface area contributed by atoms with Gasteiger partial charge in [-0.25, -0.2) is 5.43 Å². The minimum absolute atomic E-state index is 0.0975. The largest absolute Gasteiger partial charge is 0.274 e. The van der Waals surface area contributed by atoms with E-state index in [-0.39, 0.29) is 5.91 Å². The Kier molecular flexibility index (Phi) is 6.34. The zero-order valence-corrected chi connectivity index (χ0v) is 8.18. The molecule has 0 fully saturated rings. The van der Waals surface area contributed by atoms with Crippen molar-refractivity contribution in [2.75, 3.05) is 0 Å². The summed E-state index contributed by atoms with van der Waals surface area (Å²) >= 11 is 0. The molecule has 0 aromatic carbocycles. The lowest BCUT2D eigenvalue weighted by atomic mass is 10.1. The lowest BCUT2D eigenvalue weighted by Crippen LogP contribution is -2.15. The first-order valence-corrected chi connectivity index (χ1v) is 4.52. The molecule has 0 aliphatic heterocycles. The zero-order chi connectivity index (χ0) is 9.40. The van der Waals surface area contributed by atoms with Gasteiger partial charge in [-0.3, -0.25) is 4.79 Å². The molecule has 0 aromatic rings. The van der Waals surface area contributed by atoms with E-state index in [0.717, 1.165) is 31.4 Å². The molecule has 0 heterocycles. The average Bonchev–Trinajstić information content (AvgIpc) is 2.01. The lowest BCUT2D eigenvalue weighted by molar-refractivity contribution is -0.118. The highest BCUT2D eigenvalue weighted by atomic mass is 16.2. The van der Waals surface area contributed by atoms with Crippen LogP contribution in [0.5, 0.6) is 0 Å². The zero-order valence-electron chi connectivity index (χ0n) is 8.18. The van der Waals surface area contributed by atoms with Crippen LogP contribution in [0.25, 0.3) is 0 Å². The number of rotatable bonds is 5. The molecule has 0 radical (unpaired) electrons. The number of nitrogens with one attached hydrogen (secondary N) is 1. The van der Waals surface area contributed by atoms with Gasteiger partial charge in [-0.1, -0.05) is 26.7 Å². The van der Waals surface area contributed by atoms with Gasteiger partial charge in [0.05, 0.1) is 0 Å². The van der Waals surface area contributed by atoms with Crippen LogP contribution in [0, 0.1) is 0 Å². The number of carbonyl (C=O) groups excluding carboxylic acids is 1. The van der Waals surface area contributed by atoms with Crippen LogP contribution in [0.15, 0.2) is 5.10 Å². The van der Waals surface area contributed by atoms with Crippen molar-refractivity contribution < 1.29 is 4.79 Å². The fourth-order valence-electron chi connectivity index (χ4n) is 0.972. The Morgan fingerprint density at radius 2 is 1.75 bits per heavy atom. The summed E-state index contributed by atoms with van der Waals surface area (Å²) in [5.41, 5.74) is 3.56. The number of nitrogens with zero attached hydrogens (tertiary/aromatic N) is 1. The number of hydrazone groups is 1. The van der Waals surface area contributed by atoms with Gasteiger partial charge in [-0.2, -0.15) is 5.10 Å². The molecule has 0 saturated carbocycles. The van der Waals surface area contributed by atoms with Crippen molar-refractivity contribution in [3.8, 4) is 0 Å². The van der Waals surface area contributed by atoms with Crippen LogP contribution in [0.2, 0.25) is 0 Å². The van der Waals surface area contributed by atoms with Crippen LogP contribution in [0.4, 0.5) is 0 Å². The van der Waals surface area contributed by atoms with E-state index >= 15 is 0 Å². The van der Waals surface area contributed by atoms with Crippen molar-refractivity contribution in [3.63, 3.8) is 0 Å². The van der Waals surface area contributed by atoms with Crippen LogP contribution in [0.3, 0.4) is 0 Å². The molecule has 0 saturated heterocycles. The molecule has 0 aliphatic carbocycles. The average molecular weight is 170 g/mol. The molecule has 3 nitrogen and oxygen atoms in total. The van der Waals surface area contributed by atoms with Gasteiger partial charge in [0, 0.05) is 12.6 Å². The lowest BCUT2D eigenvalue weighted by Gasteiger charge is -2.02. The third kappa shape index (κ3) is 5.89. The second kappa shape index (κ2) is 6.83. The SMILES string of the molecule is CCCC(CCC)=NNC(C)=O. The Bertz CT molecular complexity index is 156. The summed E-state index contributed by atoms with van der Waals surface area (Å²) in [6, 6.07) is 0. The van der Waals surface area contributed by atoms with Gasteiger partial charge in [0.25, 0.3) is 0 Å². The standard InChI is InChI=1S/C9H18N2O/c1-4-6-9(7-5-2)11-10-8(3)12/h4-7H2,1-3H3,(H,10,12). The maximum absolute atomic E-state index is 10.5. The van der Waals surface area contributed by atoms with Crippen LogP contribution in [-0.4, -0.2) is 11.6 Å². The predicted octanol–water partition coefficient (Wildman–Crippen LogP) is 2.08. The van der Waals surface area contributed by atoms with Crippen molar-refractivity contribution in [1.29, 1.82) is 0 Å². The molecule has 70 valence electrons. The Morgan fingerprint density at radius 3 is 2.08 bits per heavy atom. The van der Waals surface area contributed by atoms with E-state index in [1.165, 1.54) is 6.92 Å². The normalized spacial score (nSPS) is 9.25. The van der Waals surface area contributed by atoms with Gasteiger partial charge < -0.3 is 0 Å². The van der Waals surface area contributed by atoms with E-state index in [0.29, 0.717) is 0 Å². The summed E-state index contributed by atoms with van der Waals surface area (Å²) in [5.74, 6) is -0.0975. The van der Waals surface area contributed by atoms with Gasteiger partial charge in [0.2, 0.25) is 5.91 Å². The Morgan fingerprint density at radius 1 is 1.25 bits per heavy atom. The topological polar surface area (TPSA) is 41.5 Å². The molecule has 1 N–H and O–H groups in total. The maximum Gasteiger partial charge on any atom is 0.236 e. The minimum atomic E-state index is -0.0975. The number of hydrogen-bond donors (Lipinski definition) is 1. The molecule has 1 amide bonds. The fourth-order valence-corrected chi connectivity index (χ4v) is 0.972. The van der Waals surface area contributed by atoms with Crippen molar-refractivity contribution in [1.82, 2.24) is 5.43 Å². The van der Waals surface area contributed by atoms with Gasteiger partial charge in [0.1, 0.15) is 0 Å². The first-order valence-electron chi connectivity index (χ1n) is 4.52. The summed E-state index contributed by atoms with van der Waals surface area (Å²) in [6.07, 6.45) is 4.12. The van der Waals surface area contributed by atoms with E-state index in [9.17, 15) is 4.79 Å². The highest BCUT2D eigenvalue weighted by molar-refractivity contribution is 5.85. The molecule has 0 bridgehead atoms. The van der Waals surface area contributed by atoms with Gasteiger partial charge in [-0.15, -0.1) is 0 Å². The summed E-state index contributed by atoms with van der Waals surface area (Å²) < 4.78 is 0. The van der Waals surface area contributed by atoms with Crippen LogP contribution >= 0.6 is 0 Å².